The first-order valence-corrected chi connectivity index (χ1v) is 9.81. The van der Waals surface area contributed by atoms with E-state index < -0.39 is 0 Å². The van der Waals surface area contributed by atoms with Gasteiger partial charge in [-0.15, -0.1) is 22.0 Å². The molecule has 0 unspecified atom stereocenters. The summed E-state index contributed by atoms with van der Waals surface area (Å²) < 4.78 is 0.887. The molecule has 7 heteroatoms. The molecule has 0 bridgehead atoms. The van der Waals surface area contributed by atoms with Crippen molar-refractivity contribution in [3.8, 4) is 0 Å². The molecule has 0 aliphatic heterocycles. The van der Waals surface area contributed by atoms with Crippen LogP contribution in [-0.2, 0) is 10.5 Å². The number of nitrogens with zero attached hydrogens (tertiary/aromatic N) is 2. The Morgan fingerprint density at radius 3 is 2.68 bits per heavy atom. The smallest absolute Gasteiger partial charge is 0.236 e. The van der Waals surface area contributed by atoms with E-state index in [0.29, 0.717) is 16.1 Å². The van der Waals surface area contributed by atoms with E-state index in [9.17, 15) is 4.79 Å². The number of thioether (sulfide) groups is 2. The third-order valence-electron chi connectivity index (χ3n) is 2.61. The summed E-state index contributed by atoms with van der Waals surface area (Å²) in [5, 5.41) is 11.9. The topological polar surface area (TPSA) is 54.9 Å². The molecule has 1 aromatic carbocycles. The monoisotopic (exact) mass is 353 g/mol. The van der Waals surface area contributed by atoms with Crippen molar-refractivity contribution in [2.45, 2.75) is 36.1 Å². The number of benzene rings is 1. The Kier molecular flexibility index (Phi) is 6.72. The van der Waals surface area contributed by atoms with Crippen LogP contribution in [0.25, 0.3) is 0 Å². The molecule has 0 saturated heterocycles. The highest BCUT2D eigenvalue weighted by Gasteiger charge is 2.09. The fourth-order valence-corrected chi connectivity index (χ4v) is 4.39. The number of amides is 1. The van der Waals surface area contributed by atoms with Crippen LogP contribution in [0.1, 0.15) is 25.0 Å². The molecule has 22 heavy (non-hydrogen) atoms. The van der Waals surface area contributed by atoms with Gasteiger partial charge in [0, 0.05) is 11.0 Å². The molecule has 0 aliphatic carbocycles. The number of aryl methyl sites for hydroxylation is 1. The van der Waals surface area contributed by atoms with Gasteiger partial charge in [0.05, 0.1) is 5.75 Å². The van der Waals surface area contributed by atoms with E-state index in [-0.39, 0.29) is 5.91 Å². The van der Waals surface area contributed by atoms with Crippen molar-refractivity contribution in [3.63, 3.8) is 0 Å². The molecule has 0 fully saturated rings. The highest BCUT2D eigenvalue weighted by Crippen LogP contribution is 2.28. The van der Waals surface area contributed by atoms with Gasteiger partial charge in [-0.3, -0.25) is 10.1 Å². The Bertz CT molecular complexity index is 611. The van der Waals surface area contributed by atoms with E-state index in [2.05, 4.69) is 60.6 Å². The molecular formula is C15H19N3OS3. The molecule has 1 heterocycles. The van der Waals surface area contributed by atoms with Crippen LogP contribution >= 0.6 is 34.9 Å². The lowest BCUT2D eigenvalue weighted by Crippen LogP contribution is -2.13. The van der Waals surface area contributed by atoms with Crippen molar-refractivity contribution in [1.29, 1.82) is 0 Å². The molecule has 0 aliphatic rings. The molecule has 0 spiro atoms. The van der Waals surface area contributed by atoms with Crippen molar-refractivity contribution < 1.29 is 4.79 Å². The number of nitrogens with one attached hydrogen (secondary N) is 1. The first-order valence-electron chi connectivity index (χ1n) is 6.96. The fraction of sp³-hybridized carbons (Fsp3) is 0.400. The predicted octanol–water partition coefficient (Wildman–Crippen LogP) is 4.22. The molecule has 1 N–H and O–H groups in total. The Morgan fingerprint density at radius 1 is 1.27 bits per heavy atom. The van der Waals surface area contributed by atoms with Crippen LogP contribution in [-0.4, -0.2) is 27.1 Å². The number of aromatic nitrogens is 2. The number of carbonyl (C=O) groups is 1. The second-order valence-corrected chi connectivity index (χ2v) is 8.85. The zero-order valence-corrected chi connectivity index (χ0v) is 15.3. The van der Waals surface area contributed by atoms with Gasteiger partial charge in [0.1, 0.15) is 0 Å². The van der Waals surface area contributed by atoms with Gasteiger partial charge >= 0.3 is 0 Å². The maximum absolute atomic E-state index is 11.9. The molecule has 1 aromatic heterocycles. The van der Waals surface area contributed by atoms with Crippen molar-refractivity contribution in [3.05, 3.63) is 35.4 Å². The molecular weight excluding hydrogens is 334 g/mol. The minimum absolute atomic E-state index is 0.0330. The molecule has 1 amide bonds. The molecule has 0 atom stereocenters. The average molecular weight is 354 g/mol. The molecule has 0 radical (unpaired) electrons. The van der Waals surface area contributed by atoms with E-state index >= 15 is 0 Å². The number of hydrogen-bond donors (Lipinski definition) is 1. The number of anilines is 1. The minimum Gasteiger partial charge on any atom is -0.300 e. The van der Waals surface area contributed by atoms with Crippen molar-refractivity contribution in [1.82, 2.24) is 10.2 Å². The highest BCUT2D eigenvalue weighted by atomic mass is 32.2. The van der Waals surface area contributed by atoms with Crippen LogP contribution in [0.3, 0.4) is 0 Å². The zero-order chi connectivity index (χ0) is 15.9. The fourth-order valence-electron chi connectivity index (χ4n) is 1.61. The van der Waals surface area contributed by atoms with Crippen molar-refractivity contribution in [2.24, 2.45) is 0 Å². The van der Waals surface area contributed by atoms with Gasteiger partial charge in [0.15, 0.2) is 4.34 Å². The largest absolute Gasteiger partial charge is 0.300 e. The Labute approximate surface area is 143 Å². The second-order valence-electron chi connectivity index (χ2n) is 5.07. The van der Waals surface area contributed by atoms with Gasteiger partial charge in [0.25, 0.3) is 0 Å². The van der Waals surface area contributed by atoms with Crippen molar-refractivity contribution >= 4 is 45.9 Å². The maximum Gasteiger partial charge on any atom is 0.236 e. The molecule has 0 saturated carbocycles. The zero-order valence-electron chi connectivity index (χ0n) is 12.8. The van der Waals surface area contributed by atoms with Gasteiger partial charge in [0.2, 0.25) is 11.0 Å². The summed E-state index contributed by atoms with van der Waals surface area (Å²) in [4.78, 5) is 11.9. The first-order chi connectivity index (χ1) is 10.5. The minimum atomic E-state index is -0.0330. The van der Waals surface area contributed by atoms with Crippen LogP contribution in [0.4, 0.5) is 5.13 Å². The quantitative estimate of drug-likeness (QED) is 0.596. The van der Waals surface area contributed by atoms with E-state index in [1.54, 1.807) is 23.5 Å². The summed E-state index contributed by atoms with van der Waals surface area (Å²) in [6.45, 7) is 6.27. The highest BCUT2D eigenvalue weighted by molar-refractivity contribution is 8.01. The van der Waals surface area contributed by atoms with E-state index in [1.807, 2.05) is 0 Å². The lowest BCUT2D eigenvalue weighted by atomic mass is 10.2. The van der Waals surface area contributed by atoms with Crippen LogP contribution < -0.4 is 5.32 Å². The van der Waals surface area contributed by atoms with Gasteiger partial charge in [-0.05, 0) is 12.5 Å². The molecule has 4 nitrogen and oxygen atoms in total. The van der Waals surface area contributed by atoms with Gasteiger partial charge in [-0.25, -0.2) is 0 Å². The van der Waals surface area contributed by atoms with E-state index in [1.165, 1.54) is 22.5 Å². The number of carbonyl (C=O) groups excluding carboxylic acids is 1. The summed E-state index contributed by atoms with van der Waals surface area (Å²) in [7, 11) is 0. The Hall–Kier alpha value is -1.05. The Balaban J connectivity index is 1.73. The van der Waals surface area contributed by atoms with Gasteiger partial charge in [-0.2, -0.15) is 0 Å². The van der Waals surface area contributed by atoms with E-state index in [4.69, 9.17) is 0 Å². The SMILES string of the molecule is Cc1ccc(CSCC(=O)Nc2nnc(SC(C)C)s2)cc1. The van der Waals surface area contributed by atoms with Gasteiger partial charge < -0.3 is 0 Å². The van der Waals surface area contributed by atoms with Crippen LogP contribution in [0.15, 0.2) is 28.6 Å². The third-order valence-corrected chi connectivity index (χ3v) is 5.54. The average Bonchev–Trinajstić information content (AvgIpc) is 2.87. The van der Waals surface area contributed by atoms with Crippen LogP contribution in [0.2, 0.25) is 0 Å². The molecule has 2 aromatic rings. The standard InChI is InChI=1S/C15H19N3OS3/c1-10(2)21-15-18-17-14(22-15)16-13(19)9-20-8-12-6-4-11(3)5-7-12/h4-7,10H,8-9H2,1-3H3,(H,16,17,19). The maximum atomic E-state index is 11.9. The molecule has 118 valence electrons. The number of rotatable bonds is 7. The number of hydrogen-bond acceptors (Lipinski definition) is 6. The predicted molar refractivity (Wildman–Crippen MR) is 96.9 cm³/mol. The first kappa shape index (κ1) is 17.3. The summed E-state index contributed by atoms with van der Waals surface area (Å²) in [5.74, 6) is 1.22. The summed E-state index contributed by atoms with van der Waals surface area (Å²) in [5.41, 5.74) is 2.48. The van der Waals surface area contributed by atoms with Crippen LogP contribution in [0, 0.1) is 6.92 Å². The summed E-state index contributed by atoms with van der Waals surface area (Å²) in [6, 6.07) is 8.37. The molecule has 2 rings (SSSR count). The Morgan fingerprint density at radius 2 is 2.00 bits per heavy atom. The third kappa shape index (κ3) is 5.98. The summed E-state index contributed by atoms with van der Waals surface area (Å²) >= 11 is 4.67. The second kappa shape index (κ2) is 8.55. The van der Waals surface area contributed by atoms with Crippen LogP contribution in [0.5, 0.6) is 0 Å². The van der Waals surface area contributed by atoms with Crippen molar-refractivity contribution in [2.75, 3.05) is 11.1 Å². The van der Waals surface area contributed by atoms with Gasteiger partial charge in [-0.1, -0.05) is 66.8 Å². The lowest BCUT2D eigenvalue weighted by Gasteiger charge is -2.03. The van der Waals surface area contributed by atoms with E-state index in [0.717, 1.165) is 10.1 Å². The lowest BCUT2D eigenvalue weighted by molar-refractivity contribution is -0.113. The normalized spacial score (nSPS) is 10.9. The summed E-state index contributed by atoms with van der Waals surface area (Å²) in [6.07, 6.45) is 0.